The van der Waals surface area contributed by atoms with E-state index in [0.29, 0.717) is 0 Å². The monoisotopic (exact) mass is 653 g/mol. The molecule has 0 amide bonds. The standard InChI is InChI=1S/C49H35NO/c1-49(2)44-19-11-9-17-39(44)40-28-26-37(30-45(40)49)50(35-23-21-33(22-24-35)32-13-5-3-6-14-32)36-25-27-38-42(34-15-7-4-8-16-34)31-47-48(43(38)29-36)41-18-10-12-20-46(41)51-47/h3-31H,1-2H3. The maximum atomic E-state index is 6.54. The zero-order valence-corrected chi connectivity index (χ0v) is 28.6. The summed E-state index contributed by atoms with van der Waals surface area (Å²) in [4.78, 5) is 2.41. The molecule has 0 aliphatic heterocycles. The number of anilines is 3. The van der Waals surface area contributed by atoms with Crippen molar-refractivity contribution in [1.82, 2.24) is 0 Å². The number of fused-ring (bicyclic) bond motifs is 8. The molecule has 1 aliphatic carbocycles. The minimum absolute atomic E-state index is 0.111. The lowest BCUT2D eigenvalue weighted by Gasteiger charge is -2.28. The summed E-state index contributed by atoms with van der Waals surface area (Å²) in [5.74, 6) is 0. The van der Waals surface area contributed by atoms with Crippen molar-refractivity contribution in [3.05, 3.63) is 187 Å². The molecular formula is C49H35NO. The highest BCUT2D eigenvalue weighted by atomic mass is 16.3. The Bertz CT molecular complexity index is 2760. The molecule has 1 aromatic heterocycles. The zero-order chi connectivity index (χ0) is 34.1. The van der Waals surface area contributed by atoms with Crippen molar-refractivity contribution in [1.29, 1.82) is 0 Å². The summed E-state index contributed by atoms with van der Waals surface area (Å²) in [5, 5.41) is 4.65. The first-order chi connectivity index (χ1) is 25.0. The van der Waals surface area contributed by atoms with E-state index in [9.17, 15) is 0 Å². The van der Waals surface area contributed by atoms with Crippen molar-refractivity contribution in [2.45, 2.75) is 19.3 Å². The second-order valence-corrected chi connectivity index (χ2v) is 14.1. The van der Waals surface area contributed by atoms with Gasteiger partial charge in [-0.15, -0.1) is 0 Å². The second-order valence-electron chi connectivity index (χ2n) is 14.1. The van der Waals surface area contributed by atoms with Gasteiger partial charge in [0.1, 0.15) is 11.2 Å². The molecule has 10 rings (SSSR count). The summed E-state index contributed by atoms with van der Waals surface area (Å²) >= 11 is 0. The Hall–Kier alpha value is -6.38. The van der Waals surface area contributed by atoms with E-state index in [1.54, 1.807) is 0 Å². The van der Waals surface area contributed by atoms with E-state index >= 15 is 0 Å². The van der Waals surface area contributed by atoms with Gasteiger partial charge in [0.2, 0.25) is 0 Å². The van der Waals surface area contributed by atoms with Gasteiger partial charge in [-0.1, -0.05) is 141 Å². The summed E-state index contributed by atoms with van der Waals surface area (Å²) in [5.41, 5.74) is 15.1. The number of nitrogens with zero attached hydrogens (tertiary/aromatic N) is 1. The summed E-state index contributed by atoms with van der Waals surface area (Å²) < 4.78 is 6.54. The van der Waals surface area contributed by atoms with Crippen LogP contribution in [0.1, 0.15) is 25.0 Å². The van der Waals surface area contributed by atoms with Gasteiger partial charge in [0.15, 0.2) is 0 Å². The Morgan fingerprint density at radius 2 is 1.00 bits per heavy atom. The first kappa shape index (κ1) is 29.5. The number of furan rings is 1. The largest absolute Gasteiger partial charge is 0.456 e. The van der Waals surface area contributed by atoms with Crippen LogP contribution in [0.4, 0.5) is 17.1 Å². The molecule has 9 aromatic rings. The van der Waals surface area contributed by atoms with Gasteiger partial charge in [0.05, 0.1) is 0 Å². The average Bonchev–Trinajstić information content (AvgIpc) is 3.67. The molecular weight excluding hydrogens is 619 g/mol. The zero-order valence-electron chi connectivity index (χ0n) is 28.6. The molecule has 0 saturated heterocycles. The number of hydrogen-bond acceptors (Lipinski definition) is 2. The quantitative estimate of drug-likeness (QED) is 0.184. The predicted molar refractivity (Wildman–Crippen MR) is 214 cm³/mol. The Kier molecular flexibility index (Phi) is 6.56. The molecule has 51 heavy (non-hydrogen) atoms. The molecule has 2 heteroatoms. The molecule has 8 aromatic carbocycles. The fraction of sp³-hybridized carbons (Fsp3) is 0.0612. The van der Waals surface area contributed by atoms with Crippen molar-refractivity contribution in [2.24, 2.45) is 0 Å². The lowest BCUT2D eigenvalue weighted by Crippen LogP contribution is -2.16. The number of benzene rings is 8. The minimum atomic E-state index is -0.111. The maximum Gasteiger partial charge on any atom is 0.136 e. The number of para-hydroxylation sites is 1. The maximum absolute atomic E-state index is 6.54. The van der Waals surface area contributed by atoms with Crippen LogP contribution in [-0.4, -0.2) is 0 Å². The Morgan fingerprint density at radius 1 is 0.392 bits per heavy atom. The molecule has 0 N–H and O–H groups in total. The third-order valence-electron chi connectivity index (χ3n) is 10.9. The molecule has 1 heterocycles. The molecule has 0 radical (unpaired) electrons. The van der Waals surface area contributed by atoms with Gasteiger partial charge in [-0.3, -0.25) is 0 Å². The van der Waals surface area contributed by atoms with Crippen LogP contribution in [-0.2, 0) is 5.41 Å². The van der Waals surface area contributed by atoms with Gasteiger partial charge in [-0.05, 0) is 104 Å². The summed E-state index contributed by atoms with van der Waals surface area (Å²) in [7, 11) is 0. The number of hydrogen-bond donors (Lipinski definition) is 0. The highest BCUT2D eigenvalue weighted by Crippen LogP contribution is 2.51. The first-order valence-electron chi connectivity index (χ1n) is 17.7. The van der Waals surface area contributed by atoms with Gasteiger partial charge < -0.3 is 9.32 Å². The van der Waals surface area contributed by atoms with Crippen molar-refractivity contribution < 1.29 is 4.42 Å². The smallest absolute Gasteiger partial charge is 0.136 e. The van der Waals surface area contributed by atoms with Crippen LogP contribution in [0.5, 0.6) is 0 Å². The normalized spacial score (nSPS) is 13.1. The summed E-state index contributed by atoms with van der Waals surface area (Å²) in [6.07, 6.45) is 0. The Morgan fingerprint density at radius 3 is 1.80 bits per heavy atom. The van der Waals surface area contributed by atoms with Crippen molar-refractivity contribution >= 4 is 49.8 Å². The third-order valence-corrected chi connectivity index (χ3v) is 10.9. The lowest BCUT2D eigenvalue weighted by molar-refractivity contribution is 0.660. The second kappa shape index (κ2) is 11.3. The first-order valence-corrected chi connectivity index (χ1v) is 17.7. The van der Waals surface area contributed by atoms with Crippen molar-refractivity contribution in [3.8, 4) is 33.4 Å². The SMILES string of the molecule is CC1(C)c2ccccc2-c2ccc(N(c3ccc(-c4ccccc4)cc3)c3ccc4c(-c5ccccc5)cc5oc6ccccc6c5c4c3)cc21. The highest BCUT2D eigenvalue weighted by Gasteiger charge is 2.35. The molecule has 0 atom stereocenters. The average molecular weight is 654 g/mol. The molecule has 0 saturated carbocycles. The topological polar surface area (TPSA) is 16.4 Å². The fourth-order valence-electron chi connectivity index (χ4n) is 8.33. The molecule has 2 nitrogen and oxygen atoms in total. The van der Waals surface area contributed by atoms with Crippen LogP contribution < -0.4 is 4.90 Å². The van der Waals surface area contributed by atoms with Gasteiger partial charge in [0.25, 0.3) is 0 Å². The van der Waals surface area contributed by atoms with E-state index in [4.69, 9.17) is 4.42 Å². The van der Waals surface area contributed by atoms with Gasteiger partial charge in [-0.25, -0.2) is 0 Å². The Balaban J connectivity index is 1.22. The van der Waals surface area contributed by atoms with E-state index in [0.717, 1.165) is 39.0 Å². The van der Waals surface area contributed by atoms with Crippen molar-refractivity contribution in [2.75, 3.05) is 4.90 Å². The van der Waals surface area contributed by atoms with Crippen LogP contribution in [0, 0.1) is 0 Å². The van der Waals surface area contributed by atoms with E-state index < -0.39 is 0 Å². The van der Waals surface area contributed by atoms with E-state index in [2.05, 4.69) is 189 Å². The van der Waals surface area contributed by atoms with Crippen LogP contribution in [0.25, 0.3) is 66.1 Å². The summed E-state index contributed by atoms with van der Waals surface area (Å²) in [6.45, 7) is 4.70. The molecule has 0 spiro atoms. The summed E-state index contributed by atoms with van der Waals surface area (Å²) in [6, 6.07) is 63.6. The van der Waals surface area contributed by atoms with E-state index in [1.807, 2.05) is 6.07 Å². The van der Waals surface area contributed by atoms with Crippen LogP contribution in [0.2, 0.25) is 0 Å². The van der Waals surface area contributed by atoms with Gasteiger partial charge in [0, 0.05) is 33.2 Å². The van der Waals surface area contributed by atoms with Crippen LogP contribution in [0.3, 0.4) is 0 Å². The predicted octanol–water partition coefficient (Wildman–Crippen LogP) is 13.8. The Labute approximate surface area is 297 Å². The lowest BCUT2D eigenvalue weighted by atomic mass is 9.82. The molecule has 242 valence electrons. The van der Waals surface area contributed by atoms with E-state index in [1.165, 1.54) is 55.3 Å². The van der Waals surface area contributed by atoms with Crippen LogP contribution in [0.15, 0.2) is 180 Å². The number of rotatable bonds is 5. The highest BCUT2D eigenvalue weighted by molar-refractivity contribution is 6.22. The molecule has 1 aliphatic rings. The van der Waals surface area contributed by atoms with Crippen molar-refractivity contribution in [3.63, 3.8) is 0 Å². The van der Waals surface area contributed by atoms with Crippen LogP contribution >= 0.6 is 0 Å². The molecule has 0 fully saturated rings. The molecule has 0 unspecified atom stereocenters. The molecule has 0 bridgehead atoms. The van der Waals surface area contributed by atoms with Gasteiger partial charge in [-0.2, -0.15) is 0 Å². The fourth-order valence-corrected chi connectivity index (χ4v) is 8.33. The third kappa shape index (κ3) is 4.64. The minimum Gasteiger partial charge on any atom is -0.456 e. The van der Waals surface area contributed by atoms with E-state index in [-0.39, 0.29) is 5.41 Å². The van der Waals surface area contributed by atoms with Gasteiger partial charge >= 0.3 is 0 Å².